The maximum atomic E-state index is 9.97. The van der Waals surface area contributed by atoms with Crippen LogP contribution in [-0.4, -0.2) is 41.4 Å². The molecule has 68 valence electrons. The molecule has 0 fully saturated rings. The Hall–Kier alpha value is -0.140. The molecule has 0 rings (SSSR count). The molecule has 0 atom stereocenters. The summed E-state index contributed by atoms with van der Waals surface area (Å²) in [6.07, 6.45) is 0. The molecule has 0 unspecified atom stereocenters. The zero-order valence-corrected chi connectivity index (χ0v) is 7.64. The molecule has 7 heteroatoms. The Morgan fingerprint density at radius 2 is 1.18 bits per heavy atom. The van der Waals surface area contributed by atoms with E-state index in [9.17, 15) is 16.8 Å². The first-order valence-electron chi connectivity index (χ1n) is 3.07. The van der Waals surface area contributed by atoms with E-state index in [1.165, 1.54) is 0 Å². The normalized spacial score (nSPS) is 11.1. The van der Waals surface area contributed by atoms with Gasteiger partial charge >= 0.3 is 0 Å². The van der Waals surface area contributed by atoms with Crippen LogP contribution in [0.4, 0.5) is 0 Å². The first-order chi connectivity index (χ1) is 5.13. The van der Waals surface area contributed by atoms with E-state index in [-0.39, 0.29) is 11.5 Å². The van der Waals surface area contributed by atoms with E-state index < -0.39 is 21.4 Å². The van der Waals surface area contributed by atoms with Crippen molar-refractivity contribution in [2.45, 2.75) is 0 Å². The molecule has 0 bridgehead atoms. The molecule has 0 amide bonds. The fourth-order valence-electron chi connectivity index (χ4n) is 0.466. The van der Waals surface area contributed by atoms with Crippen molar-refractivity contribution < 1.29 is 16.8 Å². The predicted molar refractivity (Wildman–Crippen MR) is 43.2 cm³/mol. The molecule has 0 aliphatic carbocycles. The van der Waals surface area contributed by atoms with Gasteiger partial charge in [-0.3, -0.25) is 0 Å². The van der Waals surface area contributed by atoms with Crippen LogP contribution in [0.3, 0.4) is 0 Å². The molecule has 0 aliphatic heterocycles. The minimum absolute atomic E-state index is 0.0605. The van der Waals surface area contributed by atoms with E-state index in [4.69, 9.17) is 0 Å². The van der Waals surface area contributed by atoms with Crippen molar-refractivity contribution >= 4 is 21.4 Å². The van der Waals surface area contributed by atoms with Gasteiger partial charge < -0.3 is 5.32 Å². The zero-order chi connectivity index (χ0) is 8.69. The van der Waals surface area contributed by atoms with Crippen LogP contribution in [0.15, 0.2) is 0 Å². The average molecular weight is 201 g/mol. The van der Waals surface area contributed by atoms with E-state index in [1.807, 2.05) is 0 Å². The van der Waals surface area contributed by atoms with E-state index in [1.54, 1.807) is 0 Å². The molecule has 5 nitrogen and oxygen atoms in total. The summed E-state index contributed by atoms with van der Waals surface area (Å²) in [7, 11) is -4.69. The second kappa shape index (κ2) is 6.56. The molecular weight excluding hydrogens is 190 g/mol. The number of thiol groups is 2. The van der Waals surface area contributed by atoms with Crippen LogP contribution in [0, 0.1) is 0 Å². The van der Waals surface area contributed by atoms with E-state index >= 15 is 0 Å². The van der Waals surface area contributed by atoms with Gasteiger partial charge in [-0.15, -0.1) is 0 Å². The topological polar surface area (TPSA) is 80.3 Å². The molecular formula is C4H11NO4S2. The number of hydrogen-bond donors (Lipinski definition) is 3. The van der Waals surface area contributed by atoms with Crippen molar-refractivity contribution in [2.75, 3.05) is 24.6 Å². The molecule has 0 aromatic heterocycles. The Balaban J connectivity index is 3.15. The summed E-state index contributed by atoms with van der Waals surface area (Å²) < 4.78 is 39.9. The fraction of sp³-hybridized carbons (Fsp3) is 1.00. The van der Waals surface area contributed by atoms with Gasteiger partial charge in [-0.25, -0.2) is 16.8 Å². The highest BCUT2D eigenvalue weighted by Gasteiger charge is 1.89. The summed E-state index contributed by atoms with van der Waals surface area (Å²) in [5.41, 5.74) is 0. The van der Waals surface area contributed by atoms with Gasteiger partial charge in [-0.05, 0) is 0 Å². The van der Waals surface area contributed by atoms with Crippen LogP contribution in [-0.2, 0) is 21.4 Å². The zero-order valence-electron chi connectivity index (χ0n) is 5.86. The van der Waals surface area contributed by atoms with E-state index in [0.717, 1.165) is 0 Å². The Bertz CT molecular complexity index is 192. The third-order valence-corrected chi connectivity index (χ3v) is 2.12. The van der Waals surface area contributed by atoms with Crippen molar-refractivity contribution in [1.29, 1.82) is 0 Å². The lowest BCUT2D eigenvalue weighted by Gasteiger charge is -1.95. The van der Waals surface area contributed by atoms with Crippen molar-refractivity contribution in [3.8, 4) is 0 Å². The number of rotatable bonds is 6. The van der Waals surface area contributed by atoms with Gasteiger partial charge in [0.25, 0.3) is 0 Å². The van der Waals surface area contributed by atoms with Crippen LogP contribution in [0.25, 0.3) is 0 Å². The summed E-state index contributed by atoms with van der Waals surface area (Å²) in [4.78, 5) is 0. The lowest BCUT2D eigenvalue weighted by atomic mass is 10.7. The molecule has 0 heterocycles. The van der Waals surface area contributed by atoms with Crippen LogP contribution in [0.1, 0.15) is 0 Å². The molecule has 0 radical (unpaired) electrons. The van der Waals surface area contributed by atoms with Crippen molar-refractivity contribution in [2.24, 2.45) is 0 Å². The lowest BCUT2D eigenvalue weighted by Crippen LogP contribution is -2.22. The van der Waals surface area contributed by atoms with Crippen LogP contribution in [0.5, 0.6) is 0 Å². The van der Waals surface area contributed by atoms with Gasteiger partial charge in [0, 0.05) is 13.1 Å². The summed E-state index contributed by atoms with van der Waals surface area (Å²) in [5.74, 6) is 0.121. The second-order valence-electron chi connectivity index (χ2n) is 1.86. The van der Waals surface area contributed by atoms with Gasteiger partial charge in [0.1, 0.15) is 21.4 Å². The van der Waals surface area contributed by atoms with E-state index in [2.05, 4.69) is 5.32 Å². The summed E-state index contributed by atoms with van der Waals surface area (Å²) >= 11 is 0. The van der Waals surface area contributed by atoms with Crippen molar-refractivity contribution in [3.63, 3.8) is 0 Å². The highest BCUT2D eigenvalue weighted by Crippen LogP contribution is 1.66. The summed E-state index contributed by atoms with van der Waals surface area (Å²) in [6.45, 7) is 0.643. The number of nitrogens with one attached hydrogen (secondary N) is 1. The molecule has 0 spiro atoms. The van der Waals surface area contributed by atoms with Crippen LogP contribution >= 0.6 is 0 Å². The first-order valence-corrected chi connectivity index (χ1v) is 5.80. The predicted octanol–water partition coefficient (Wildman–Crippen LogP) is -2.20. The lowest BCUT2D eigenvalue weighted by molar-refractivity contribution is 0.607. The molecule has 11 heavy (non-hydrogen) atoms. The molecule has 0 aromatic carbocycles. The third kappa shape index (κ3) is 9.86. The highest BCUT2D eigenvalue weighted by atomic mass is 32.2. The maximum Gasteiger partial charge on any atom is 0.141 e. The SMILES string of the molecule is O=[SH](=O)CCNCC[SH](=O)=O. The Morgan fingerprint density at radius 1 is 0.818 bits per heavy atom. The first kappa shape index (κ1) is 10.9. The fourth-order valence-corrected chi connectivity index (χ4v) is 1.15. The minimum atomic E-state index is -2.35. The maximum absolute atomic E-state index is 9.97. The third-order valence-electron chi connectivity index (χ3n) is 0.942. The largest absolute Gasteiger partial charge is 0.315 e. The van der Waals surface area contributed by atoms with Gasteiger partial charge in [-0.1, -0.05) is 0 Å². The number of hydrogen-bond acceptors (Lipinski definition) is 5. The molecule has 0 aromatic rings. The highest BCUT2D eigenvalue weighted by molar-refractivity contribution is 7.72. The quantitative estimate of drug-likeness (QED) is 0.336. The molecule has 1 N–H and O–H groups in total. The van der Waals surface area contributed by atoms with Crippen molar-refractivity contribution in [3.05, 3.63) is 0 Å². The molecule has 0 saturated heterocycles. The van der Waals surface area contributed by atoms with E-state index in [0.29, 0.717) is 13.1 Å². The minimum Gasteiger partial charge on any atom is -0.315 e. The second-order valence-corrected chi connectivity index (χ2v) is 4.09. The summed E-state index contributed by atoms with van der Waals surface area (Å²) in [6, 6.07) is 0. The van der Waals surface area contributed by atoms with Crippen LogP contribution < -0.4 is 5.32 Å². The summed E-state index contributed by atoms with van der Waals surface area (Å²) in [5, 5.41) is 2.68. The smallest absolute Gasteiger partial charge is 0.141 e. The molecule has 0 aliphatic rings. The Morgan fingerprint density at radius 3 is 1.45 bits per heavy atom. The van der Waals surface area contributed by atoms with Crippen molar-refractivity contribution in [1.82, 2.24) is 5.32 Å². The van der Waals surface area contributed by atoms with Gasteiger partial charge in [0.05, 0.1) is 11.5 Å². The Labute approximate surface area is 68.7 Å². The van der Waals surface area contributed by atoms with Gasteiger partial charge in [-0.2, -0.15) is 0 Å². The average Bonchev–Trinajstić information content (AvgIpc) is 1.85. The van der Waals surface area contributed by atoms with Crippen LogP contribution in [0.2, 0.25) is 0 Å². The van der Waals surface area contributed by atoms with Gasteiger partial charge in [0.15, 0.2) is 0 Å². The van der Waals surface area contributed by atoms with Gasteiger partial charge in [0.2, 0.25) is 0 Å². The standard InChI is InChI=1S/C4H11NO4S2/c6-10(7)3-1-5-2-4-11(8)9/h5,10-11H,1-4H2. The molecule has 0 saturated carbocycles. The monoisotopic (exact) mass is 201 g/mol. The Kier molecular flexibility index (Phi) is 6.48.